The van der Waals surface area contributed by atoms with Crippen LogP contribution in [0.4, 0.5) is 0 Å². The van der Waals surface area contributed by atoms with Gasteiger partial charge in [-0.15, -0.1) is 11.3 Å². The number of halogens is 1. The highest BCUT2D eigenvalue weighted by molar-refractivity contribution is 9.11. The van der Waals surface area contributed by atoms with E-state index in [1.54, 1.807) is 6.07 Å². The van der Waals surface area contributed by atoms with Gasteiger partial charge in [-0.05, 0) is 60.5 Å². The molecule has 21 heavy (non-hydrogen) atoms. The lowest BCUT2D eigenvalue weighted by Crippen LogP contribution is -2.52. The summed E-state index contributed by atoms with van der Waals surface area (Å²) in [5.74, 6) is 0. The number of hydrogen-bond acceptors (Lipinski definition) is 4. The molecule has 1 aromatic rings. The Morgan fingerprint density at radius 1 is 1.43 bits per heavy atom. The molecule has 1 aromatic heterocycles. The van der Waals surface area contributed by atoms with E-state index in [0.29, 0.717) is 14.7 Å². The van der Waals surface area contributed by atoms with Gasteiger partial charge in [0.2, 0.25) is 10.0 Å². The third-order valence-corrected chi connectivity index (χ3v) is 8.31. The maximum atomic E-state index is 12.6. The summed E-state index contributed by atoms with van der Waals surface area (Å²) in [6.07, 6.45) is 6.32. The lowest BCUT2D eigenvalue weighted by Gasteiger charge is -2.41. The number of rotatable bonds is 7. The van der Waals surface area contributed by atoms with Crippen molar-refractivity contribution in [2.24, 2.45) is 0 Å². The van der Waals surface area contributed by atoms with Crippen molar-refractivity contribution in [3.63, 3.8) is 0 Å². The van der Waals surface area contributed by atoms with Crippen molar-refractivity contribution >= 4 is 37.3 Å². The van der Waals surface area contributed by atoms with Gasteiger partial charge >= 0.3 is 0 Å². The van der Waals surface area contributed by atoms with Gasteiger partial charge in [0.25, 0.3) is 0 Å². The molecule has 0 aromatic carbocycles. The Balaban J connectivity index is 1.74. The highest BCUT2D eigenvalue weighted by Gasteiger charge is 2.39. The van der Waals surface area contributed by atoms with Crippen LogP contribution in [0.1, 0.15) is 50.3 Å². The van der Waals surface area contributed by atoms with Crippen molar-refractivity contribution in [1.82, 2.24) is 10.0 Å². The Bertz CT molecular complexity index is 613. The molecule has 2 aliphatic carbocycles. The van der Waals surface area contributed by atoms with Crippen LogP contribution in [0.2, 0.25) is 0 Å². The van der Waals surface area contributed by atoms with Gasteiger partial charge in [0, 0.05) is 23.0 Å². The second-order valence-corrected chi connectivity index (χ2v) is 10.2. The van der Waals surface area contributed by atoms with Crippen LogP contribution >= 0.6 is 27.3 Å². The fraction of sp³-hybridized carbons (Fsp3) is 0.714. The molecule has 0 atom stereocenters. The summed E-state index contributed by atoms with van der Waals surface area (Å²) < 4.78 is 28.9. The minimum absolute atomic E-state index is 0.216. The lowest BCUT2D eigenvalue weighted by atomic mass is 9.76. The molecule has 2 aliphatic rings. The average molecular weight is 393 g/mol. The van der Waals surface area contributed by atoms with Crippen molar-refractivity contribution < 1.29 is 8.42 Å². The standard InChI is InChI=1S/C14H21BrN2O2S2/c1-2-14(6-3-7-14)17-21(18,19)12-8-11(20-13(12)15)9-16-10-4-5-10/h8,10,16-17H,2-7,9H2,1H3. The van der Waals surface area contributed by atoms with Gasteiger partial charge in [0.1, 0.15) is 4.90 Å². The maximum Gasteiger partial charge on any atom is 0.243 e. The Morgan fingerprint density at radius 2 is 2.14 bits per heavy atom. The fourth-order valence-electron chi connectivity index (χ4n) is 2.67. The first-order chi connectivity index (χ1) is 9.94. The summed E-state index contributed by atoms with van der Waals surface area (Å²) >= 11 is 4.92. The van der Waals surface area contributed by atoms with Gasteiger partial charge in [-0.3, -0.25) is 0 Å². The van der Waals surface area contributed by atoms with Crippen LogP contribution in [0.15, 0.2) is 14.7 Å². The van der Waals surface area contributed by atoms with Gasteiger partial charge in [0.05, 0.1) is 3.79 Å². The van der Waals surface area contributed by atoms with Crippen molar-refractivity contribution in [3.05, 3.63) is 14.7 Å². The fourth-order valence-corrected chi connectivity index (χ4v) is 6.84. The Morgan fingerprint density at radius 3 is 2.67 bits per heavy atom. The van der Waals surface area contributed by atoms with Crippen LogP contribution in [0.25, 0.3) is 0 Å². The number of thiophene rings is 1. The molecule has 3 rings (SSSR count). The second kappa shape index (κ2) is 5.92. The molecule has 118 valence electrons. The van der Waals surface area contributed by atoms with E-state index in [-0.39, 0.29) is 5.54 Å². The smallest absolute Gasteiger partial charge is 0.243 e. The molecule has 4 nitrogen and oxygen atoms in total. The summed E-state index contributed by atoms with van der Waals surface area (Å²) in [6.45, 7) is 2.80. The van der Waals surface area contributed by atoms with E-state index in [1.165, 1.54) is 24.2 Å². The van der Waals surface area contributed by atoms with E-state index in [2.05, 4.69) is 32.9 Å². The molecule has 0 saturated heterocycles. The summed E-state index contributed by atoms with van der Waals surface area (Å²) in [7, 11) is -3.44. The third-order valence-electron chi connectivity index (χ3n) is 4.48. The summed E-state index contributed by atoms with van der Waals surface area (Å²) in [6, 6.07) is 2.43. The largest absolute Gasteiger partial charge is 0.309 e. The Labute approximate surface area is 138 Å². The highest BCUT2D eigenvalue weighted by atomic mass is 79.9. The number of nitrogens with one attached hydrogen (secondary N) is 2. The number of hydrogen-bond donors (Lipinski definition) is 2. The molecule has 2 saturated carbocycles. The van der Waals surface area contributed by atoms with E-state index < -0.39 is 10.0 Å². The maximum absolute atomic E-state index is 12.6. The molecule has 0 aliphatic heterocycles. The minimum atomic E-state index is -3.44. The number of sulfonamides is 1. The predicted octanol–water partition coefficient (Wildman–Crippen LogP) is 3.37. The zero-order valence-corrected chi connectivity index (χ0v) is 15.3. The van der Waals surface area contributed by atoms with E-state index in [0.717, 1.165) is 37.1 Å². The van der Waals surface area contributed by atoms with Crippen LogP contribution in [-0.4, -0.2) is 20.0 Å². The zero-order valence-electron chi connectivity index (χ0n) is 12.1. The van der Waals surface area contributed by atoms with Crippen LogP contribution in [-0.2, 0) is 16.6 Å². The molecule has 0 unspecified atom stereocenters. The summed E-state index contributed by atoms with van der Waals surface area (Å²) in [5, 5.41) is 3.42. The zero-order chi connectivity index (χ0) is 15.1. The van der Waals surface area contributed by atoms with Crippen LogP contribution in [0, 0.1) is 0 Å². The molecular weight excluding hydrogens is 372 g/mol. The van der Waals surface area contributed by atoms with Crippen molar-refractivity contribution in [2.75, 3.05) is 0 Å². The first-order valence-corrected chi connectivity index (χ1v) is 10.6. The van der Waals surface area contributed by atoms with Gasteiger partial charge in [-0.1, -0.05) is 6.92 Å². The average Bonchev–Trinajstić information content (AvgIpc) is 3.14. The molecule has 0 amide bonds. The predicted molar refractivity (Wildman–Crippen MR) is 89.1 cm³/mol. The van der Waals surface area contributed by atoms with E-state index in [4.69, 9.17) is 0 Å². The first kappa shape index (κ1) is 15.9. The van der Waals surface area contributed by atoms with Crippen molar-refractivity contribution in [3.8, 4) is 0 Å². The molecule has 2 N–H and O–H groups in total. The van der Waals surface area contributed by atoms with Crippen LogP contribution < -0.4 is 10.0 Å². The molecule has 1 heterocycles. The molecule has 0 radical (unpaired) electrons. The van der Waals surface area contributed by atoms with Gasteiger partial charge in [-0.25, -0.2) is 13.1 Å². The van der Waals surface area contributed by atoms with E-state index >= 15 is 0 Å². The van der Waals surface area contributed by atoms with E-state index in [1.807, 2.05) is 0 Å². The van der Waals surface area contributed by atoms with Gasteiger partial charge < -0.3 is 5.32 Å². The molecule has 7 heteroatoms. The van der Waals surface area contributed by atoms with Crippen LogP contribution in [0.5, 0.6) is 0 Å². The molecule has 0 spiro atoms. The molecular formula is C14H21BrN2O2S2. The van der Waals surface area contributed by atoms with Gasteiger partial charge in [-0.2, -0.15) is 0 Å². The minimum Gasteiger partial charge on any atom is -0.309 e. The monoisotopic (exact) mass is 392 g/mol. The Kier molecular flexibility index (Phi) is 4.49. The molecule has 2 fully saturated rings. The molecule has 0 bridgehead atoms. The highest BCUT2D eigenvalue weighted by Crippen LogP contribution is 2.38. The Hall–Kier alpha value is 0.0500. The lowest BCUT2D eigenvalue weighted by molar-refractivity contribution is 0.214. The second-order valence-electron chi connectivity index (χ2n) is 6.10. The van der Waals surface area contributed by atoms with Crippen molar-refractivity contribution in [2.45, 2.75) is 68.5 Å². The topological polar surface area (TPSA) is 58.2 Å². The third kappa shape index (κ3) is 3.52. The SMILES string of the molecule is CCC1(NS(=O)(=O)c2cc(CNC3CC3)sc2Br)CCC1. The van der Waals surface area contributed by atoms with Crippen LogP contribution in [0.3, 0.4) is 0 Å². The van der Waals surface area contributed by atoms with Crippen molar-refractivity contribution in [1.29, 1.82) is 0 Å². The van der Waals surface area contributed by atoms with Gasteiger partial charge in [0.15, 0.2) is 0 Å². The quantitative estimate of drug-likeness (QED) is 0.747. The normalized spacial score (nSPS) is 21.2. The summed E-state index contributed by atoms with van der Waals surface area (Å²) in [5.41, 5.74) is -0.216. The summed E-state index contributed by atoms with van der Waals surface area (Å²) in [4.78, 5) is 1.45. The van der Waals surface area contributed by atoms with E-state index in [9.17, 15) is 8.42 Å². The first-order valence-electron chi connectivity index (χ1n) is 7.50.